The summed E-state index contributed by atoms with van der Waals surface area (Å²) in [7, 11) is 0. The highest BCUT2D eigenvalue weighted by molar-refractivity contribution is 5.94. The van der Waals surface area contributed by atoms with E-state index in [1.54, 1.807) is 6.07 Å². The van der Waals surface area contributed by atoms with Crippen LogP contribution in [0.2, 0.25) is 0 Å². The SMILES string of the molecule is CC(C)Oc1ncnc2ccc(N3CCN(C(=O)c4ccc(=O)[nH]c4)CC3)cc12. The summed E-state index contributed by atoms with van der Waals surface area (Å²) >= 11 is 0. The van der Waals surface area contributed by atoms with Crippen LogP contribution in [0.4, 0.5) is 5.69 Å². The van der Waals surface area contributed by atoms with Gasteiger partial charge in [-0.3, -0.25) is 9.59 Å². The number of carbonyl (C=O) groups is 1. The van der Waals surface area contributed by atoms with Gasteiger partial charge in [-0.2, -0.15) is 0 Å². The lowest BCUT2D eigenvalue weighted by Crippen LogP contribution is -2.48. The van der Waals surface area contributed by atoms with Crippen LogP contribution in [0.15, 0.2) is 47.7 Å². The van der Waals surface area contributed by atoms with E-state index in [1.165, 1.54) is 18.6 Å². The Hall–Kier alpha value is -3.42. The number of ether oxygens (including phenoxy) is 1. The summed E-state index contributed by atoms with van der Waals surface area (Å²) in [5, 5.41) is 0.880. The van der Waals surface area contributed by atoms with Crippen LogP contribution in [-0.2, 0) is 0 Å². The zero-order chi connectivity index (χ0) is 20.4. The van der Waals surface area contributed by atoms with Crippen LogP contribution in [0.1, 0.15) is 24.2 Å². The van der Waals surface area contributed by atoms with Crippen molar-refractivity contribution in [1.82, 2.24) is 19.9 Å². The van der Waals surface area contributed by atoms with Crippen LogP contribution < -0.4 is 15.2 Å². The summed E-state index contributed by atoms with van der Waals surface area (Å²) in [5.41, 5.74) is 2.17. The Morgan fingerprint density at radius 3 is 2.59 bits per heavy atom. The van der Waals surface area contributed by atoms with Crippen molar-refractivity contribution in [3.05, 3.63) is 58.8 Å². The number of pyridine rings is 1. The summed E-state index contributed by atoms with van der Waals surface area (Å²) in [6.07, 6.45) is 3.01. The fourth-order valence-corrected chi connectivity index (χ4v) is 3.43. The summed E-state index contributed by atoms with van der Waals surface area (Å²) < 4.78 is 5.83. The highest BCUT2D eigenvalue weighted by atomic mass is 16.5. The van der Waals surface area contributed by atoms with Crippen LogP contribution in [0.25, 0.3) is 10.9 Å². The average molecular weight is 393 g/mol. The van der Waals surface area contributed by atoms with E-state index in [1.807, 2.05) is 36.9 Å². The van der Waals surface area contributed by atoms with Gasteiger partial charge in [0.1, 0.15) is 6.33 Å². The zero-order valence-electron chi connectivity index (χ0n) is 16.5. The summed E-state index contributed by atoms with van der Waals surface area (Å²) in [4.78, 5) is 39.0. The van der Waals surface area contributed by atoms with E-state index in [-0.39, 0.29) is 17.6 Å². The smallest absolute Gasteiger partial charge is 0.255 e. The second-order valence-corrected chi connectivity index (χ2v) is 7.27. The molecule has 4 rings (SSSR count). The maximum atomic E-state index is 12.6. The fourth-order valence-electron chi connectivity index (χ4n) is 3.43. The Kier molecular flexibility index (Phi) is 5.16. The quantitative estimate of drug-likeness (QED) is 0.730. The van der Waals surface area contributed by atoms with E-state index in [4.69, 9.17) is 4.74 Å². The third kappa shape index (κ3) is 4.06. The molecule has 150 valence electrons. The number of piperazine rings is 1. The molecular weight excluding hydrogens is 370 g/mol. The lowest BCUT2D eigenvalue weighted by atomic mass is 10.1. The number of benzene rings is 1. The first kappa shape index (κ1) is 18.9. The second-order valence-electron chi connectivity index (χ2n) is 7.27. The predicted octanol–water partition coefficient (Wildman–Crippen LogP) is 2.07. The number of fused-ring (bicyclic) bond motifs is 1. The zero-order valence-corrected chi connectivity index (χ0v) is 16.5. The molecule has 1 N–H and O–H groups in total. The molecule has 0 radical (unpaired) electrons. The molecular formula is C21H23N5O3. The molecule has 0 saturated carbocycles. The van der Waals surface area contributed by atoms with E-state index in [2.05, 4.69) is 19.9 Å². The Morgan fingerprint density at radius 2 is 1.90 bits per heavy atom. The Balaban J connectivity index is 1.49. The van der Waals surface area contributed by atoms with Gasteiger partial charge in [0.2, 0.25) is 11.4 Å². The van der Waals surface area contributed by atoms with Crippen LogP contribution in [0.3, 0.4) is 0 Å². The van der Waals surface area contributed by atoms with E-state index in [0.717, 1.165) is 16.6 Å². The van der Waals surface area contributed by atoms with Crippen molar-refractivity contribution in [2.24, 2.45) is 0 Å². The van der Waals surface area contributed by atoms with Crippen LogP contribution in [-0.4, -0.2) is 58.0 Å². The molecule has 8 heteroatoms. The van der Waals surface area contributed by atoms with Gasteiger partial charge < -0.3 is 19.5 Å². The largest absolute Gasteiger partial charge is 0.474 e. The van der Waals surface area contributed by atoms with E-state index >= 15 is 0 Å². The topological polar surface area (TPSA) is 91.4 Å². The van der Waals surface area contributed by atoms with E-state index < -0.39 is 0 Å². The molecule has 3 aromatic rings. The average Bonchev–Trinajstić information content (AvgIpc) is 2.73. The van der Waals surface area contributed by atoms with E-state index in [9.17, 15) is 9.59 Å². The molecule has 1 aromatic carbocycles. The van der Waals surface area contributed by atoms with Crippen molar-refractivity contribution in [2.75, 3.05) is 31.1 Å². The first-order valence-electron chi connectivity index (χ1n) is 9.65. The minimum absolute atomic E-state index is 0.0271. The molecule has 29 heavy (non-hydrogen) atoms. The number of H-pyrrole nitrogens is 1. The summed E-state index contributed by atoms with van der Waals surface area (Å²) in [6, 6.07) is 8.99. The molecule has 2 aromatic heterocycles. The molecule has 0 atom stereocenters. The standard InChI is InChI=1S/C21H23N5O3/c1-14(2)29-20-17-11-16(4-5-18(17)23-13-24-20)25-7-9-26(10-8-25)21(28)15-3-6-19(27)22-12-15/h3-6,11-14H,7-10H2,1-2H3,(H,22,27). The van der Waals surface area contributed by atoms with Crippen molar-refractivity contribution in [1.29, 1.82) is 0 Å². The number of rotatable bonds is 4. The molecule has 1 aliphatic heterocycles. The van der Waals surface area contributed by atoms with Gasteiger partial charge >= 0.3 is 0 Å². The molecule has 0 bridgehead atoms. The van der Waals surface area contributed by atoms with Gasteiger partial charge in [0.05, 0.1) is 22.6 Å². The monoisotopic (exact) mass is 393 g/mol. The molecule has 8 nitrogen and oxygen atoms in total. The minimum atomic E-state index is -0.215. The summed E-state index contributed by atoms with van der Waals surface area (Å²) in [5.74, 6) is 0.513. The first-order valence-corrected chi connectivity index (χ1v) is 9.65. The Morgan fingerprint density at radius 1 is 1.10 bits per heavy atom. The van der Waals surface area contributed by atoms with Crippen molar-refractivity contribution in [2.45, 2.75) is 20.0 Å². The molecule has 3 heterocycles. The normalized spacial score (nSPS) is 14.4. The minimum Gasteiger partial charge on any atom is -0.474 e. The molecule has 0 aliphatic carbocycles. The lowest BCUT2D eigenvalue weighted by molar-refractivity contribution is 0.0746. The number of nitrogens with one attached hydrogen (secondary N) is 1. The van der Waals surface area contributed by atoms with Gasteiger partial charge in [0.15, 0.2) is 0 Å². The molecule has 1 amide bonds. The number of anilines is 1. The number of hydrogen-bond acceptors (Lipinski definition) is 6. The molecule has 1 fully saturated rings. The van der Waals surface area contributed by atoms with Gasteiger partial charge in [-0.15, -0.1) is 0 Å². The molecule has 0 unspecified atom stereocenters. The van der Waals surface area contributed by atoms with Gasteiger partial charge in [0, 0.05) is 44.1 Å². The van der Waals surface area contributed by atoms with Crippen molar-refractivity contribution >= 4 is 22.5 Å². The van der Waals surface area contributed by atoms with Crippen molar-refractivity contribution in [3.8, 4) is 5.88 Å². The van der Waals surface area contributed by atoms with Gasteiger partial charge in [-0.1, -0.05) is 0 Å². The predicted molar refractivity (Wildman–Crippen MR) is 110 cm³/mol. The Labute approximate surface area is 168 Å². The Bertz CT molecular complexity index is 1070. The van der Waals surface area contributed by atoms with E-state index in [0.29, 0.717) is 37.6 Å². The number of amides is 1. The van der Waals surface area contributed by atoms with Gasteiger partial charge in [-0.25, -0.2) is 9.97 Å². The molecule has 1 saturated heterocycles. The van der Waals surface area contributed by atoms with Crippen LogP contribution in [0.5, 0.6) is 5.88 Å². The maximum absolute atomic E-state index is 12.6. The fraction of sp³-hybridized carbons (Fsp3) is 0.333. The second kappa shape index (κ2) is 7.90. The van der Waals surface area contributed by atoms with Gasteiger partial charge in [-0.05, 0) is 38.1 Å². The number of hydrogen-bond donors (Lipinski definition) is 1. The lowest BCUT2D eigenvalue weighted by Gasteiger charge is -2.36. The first-order chi connectivity index (χ1) is 14.0. The van der Waals surface area contributed by atoms with Crippen LogP contribution in [0, 0.1) is 0 Å². The highest BCUT2D eigenvalue weighted by Crippen LogP contribution is 2.28. The van der Waals surface area contributed by atoms with Crippen LogP contribution >= 0.6 is 0 Å². The number of aromatic amines is 1. The van der Waals surface area contributed by atoms with Crippen molar-refractivity contribution in [3.63, 3.8) is 0 Å². The molecule has 1 aliphatic rings. The number of carbonyl (C=O) groups excluding carboxylic acids is 1. The number of nitrogens with zero attached hydrogens (tertiary/aromatic N) is 4. The van der Waals surface area contributed by atoms with Gasteiger partial charge in [0.25, 0.3) is 5.91 Å². The van der Waals surface area contributed by atoms with Crippen molar-refractivity contribution < 1.29 is 9.53 Å². The summed E-state index contributed by atoms with van der Waals surface area (Å²) in [6.45, 7) is 6.59. The number of aromatic nitrogens is 3. The third-order valence-corrected chi connectivity index (χ3v) is 4.89. The molecule has 0 spiro atoms. The maximum Gasteiger partial charge on any atom is 0.255 e. The highest BCUT2D eigenvalue weighted by Gasteiger charge is 2.23. The third-order valence-electron chi connectivity index (χ3n) is 4.89.